The molecule has 0 radical (unpaired) electrons. The van der Waals surface area contributed by atoms with Gasteiger partial charge in [0.2, 0.25) is 0 Å². The van der Waals surface area contributed by atoms with Gasteiger partial charge >= 0.3 is 0 Å². The highest BCUT2D eigenvalue weighted by atomic mass is 127. The summed E-state index contributed by atoms with van der Waals surface area (Å²) in [7, 11) is 5.03. The van der Waals surface area contributed by atoms with E-state index in [9.17, 15) is 0 Å². The summed E-state index contributed by atoms with van der Waals surface area (Å²) in [6.45, 7) is 5.29. The van der Waals surface area contributed by atoms with Crippen molar-refractivity contribution in [2.24, 2.45) is 4.99 Å². The molecule has 154 valence electrons. The Kier molecular flexibility index (Phi) is 10.5. The number of guanidine groups is 1. The summed E-state index contributed by atoms with van der Waals surface area (Å²) >= 11 is 0. The number of aliphatic imine (C=N–C) groups is 1. The van der Waals surface area contributed by atoms with E-state index >= 15 is 0 Å². The lowest BCUT2D eigenvalue weighted by Gasteiger charge is -2.18. The first-order valence-corrected chi connectivity index (χ1v) is 8.94. The SMILES string of the molecule is CN=C(NCc1ccc(OC)cc1OC)NCC(C)Oc1ccc(C)cc1.I. The van der Waals surface area contributed by atoms with E-state index in [4.69, 9.17) is 14.2 Å². The largest absolute Gasteiger partial charge is 0.497 e. The molecule has 6 nitrogen and oxygen atoms in total. The standard InChI is InChI=1S/C21H29N3O3.HI/c1-15-6-9-18(10-7-15)27-16(2)13-23-21(22-3)24-14-17-8-11-19(25-4)12-20(17)26-5;/h6-12,16H,13-14H2,1-5H3,(H2,22,23,24);1H. The molecule has 0 aliphatic heterocycles. The van der Waals surface area contributed by atoms with Crippen LogP contribution in [0.4, 0.5) is 0 Å². The van der Waals surface area contributed by atoms with Crippen molar-refractivity contribution in [1.29, 1.82) is 0 Å². The lowest BCUT2D eigenvalue weighted by Crippen LogP contribution is -2.41. The number of halogens is 1. The number of ether oxygens (including phenoxy) is 3. The third kappa shape index (κ3) is 7.46. The number of nitrogens with one attached hydrogen (secondary N) is 2. The highest BCUT2D eigenvalue weighted by molar-refractivity contribution is 14.0. The van der Waals surface area contributed by atoms with E-state index < -0.39 is 0 Å². The molecular formula is C21H30IN3O3. The van der Waals surface area contributed by atoms with Gasteiger partial charge in [0.05, 0.1) is 20.8 Å². The molecule has 1 atom stereocenters. The molecule has 2 N–H and O–H groups in total. The van der Waals surface area contributed by atoms with Crippen LogP contribution in [0, 0.1) is 6.92 Å². The van der Waals surface area contributed by atoms with Gasteiger partial charge in [0.15, 0.2) is 5.96 Å². The molecule has 0 aliphatic carbocycles. The van der Waals surface area contributed by atoms with E-state index in [-0.39, 0.29) is 30.1 Å². The zero-order valence-corrected chi connectivity index (χ0v) is 19.4. The number of nitrogens with zero attached hydrogens (tertiary/aromatic N) is 1. The molecule has 7 heteroatoms. The molecule has 0 bridgehead atoms. The first-order chi connectivity index (χ1) is 13.0. The highest BCUT2D eigenvalue weighted by Crippen LogP contribution is 2.24. The van der Waals surface area contributed by atoms with Gasteiger partial charge in [-0.25, -0.2) is 0 Å². The van der Waals surface area contributed by atoms with Crippen LogP contribution < -0.4 is 24.8 Å². The minimum absolute atomic E-state index is 0. The predicted molar refractivity (Wildman–Crippen MR) is 124 cm³/mol. The topological polar surface area (TPSA) is 64.1 Å². The fourth-order valence-electron chi connectivity index (χ4n) is 2.53. The lowest BCUT2D eigenvalue weighted by atomic mass is 10.2. The van der Waals surface area contributed by atoms with Crippen LogP contribution in [-0.4, -0.2) is 39.9 Å². The number of aryl methyl sites for hydroxylation is 1. The van der Waals surface area contributed by atoms with E-state index in [1.165, 1.54) is 5.56 Å². The first kappa shape index (κ1) is 23.9. The van der Waals surface area contributed by atoms with Gasteiger partial charge in [-0.3, -0.25) is 4.99 Å². The third-order valence-electron chi connectivity index (χ3n) is 4.08. The van der Waals surface area contributed by atoms with E-state index in [1.54, 1.807) is 21.3 Å². The van der Waals surface area contributed by atoms with Crippen molar-refractivity contribution < 1.29 is 14.2 Å². The van der Waals surface area contributed by atoms with Gasteiger partial charge in [0, 0.05) is 25.2 Å². The van der Waals surface area contributed by atoms with Crippen LogP contribution in [0.5, 0.6) is 17.2 Å². The molecule has 2 aromatic rings. The molecular weight excluding hydrogens is 469 g/mol. The van der Waals surface area contributed by atoms with E-state index in [0.29, 0.717) is 19.0 Å². The minimum Gasteiger partial charge on any atom is -0.497 e. The number of benzene rings is 2. The van der Waals surface area contributed by atoms with Crippen LogP contribution in [0.25, 0.3) is 0 Å². The van der Waals surface area contributed by atoms with E-state index in [2.05, 4.69) is 22.5 Å². The maximum atomic E-state index is 5.91. The molecule has 2 rings (SSSR count). The fraction of sp³-hybridized carbons (Fsp3) is 0.381. The number of hydrogen-bond donors (Lipinski definition) is 2. The summed E-state index contributed by atoms with van der Waals surface area (Å²) in [4.78, 5) is 4.26. The van der Waals surface area contributed by atoms with Crippen LogP contribution in [0.1, 0.15) is 18.1 Å². The summed E-state index contributed by atoms with van der Waals surface area (Å²) in [5.74, 6) is 3.10. The maximum absolute atomic E-state index is 5.91. The molecule has 28 heavy (non-hydrogen) atoms. The summed E-state index contributed by atoms with van der Waals surface area (Å²) < 4.78 is 16.6. The van der Waals surface area contributed by atoms with Crippen molar-refractivity contribution in [2.45, 2.75) is 26.5 Å². The second-order valence-electron chi connectivity index (χ2n) is 6.23. The van der Waals surface area contributed by atoms with Crippen molar-refractivity contribution in [2.75, 3.05) is 27.8 Å². The normalized spacial score (nSPS) is 11.8. The molecule has 1 unspecified atom stereocenters. The molecule has 2 aromatic carbocycles. The molecule has 0 aliphatic rings. The van der Waals surface area contributed by atoms with Crippen molar-refractivity contribution in [3.05, 3.63) is 53.6 Å². The monoisotopic (exact) mass is 499 g/mol. The Labute approximate surface area is 184 Å². The van der Waals surface area contributed by atoms with Crippen molar-refractivity contribution >= 4 is 29.9 Å². The van der Waals surface area contributed by atoms with Crippen LogP contribution in [0.15, 0.2) is 47.5 Å². The zero-order valence-electron chi connectivity index (χ0n) is 17.1. The molecule has 0 spiro atoms. The summed E-state index contributed by atoms with van der Waals surface area (Å²) in [5.41, 5.74) is 2.23. The van der Waals surface area contributed by atoms with Crippen LogP contribution in [-0.2, 0) is 6.54 Å². The average molecular weight is 499 g/mol. The van der Waals surface area contributed by atoms with Gasteiger partial charge in [-0.05, 0) is 38.1 Å². The Bertz CT molecular complexity index is 751. The van der Waals surface area contributed by atoms with Crippen LogP contribution in [0.3, 0.4) is 0 Å². The van der Waals surface area contributed by atoms with Gasteiger partial charge in [-0.15, -0.1) is 24.0 Å². The van der Waals surface area contributed by atoms with E-state index in [1.807, 2.05) is 49.4 Å². The number of hydrogen-bond acceptors (Lipinski definition) is 4. The number of methoxy groups -OCH3 is 2. The Morgan fingerprint density at radius 3 is 2.29 bits per heavy atom. The summed E-state index contributed by atoms with van der Waals surface area (Å²) in [6, 6.07) is 13.8. The van der Waals surface area contributed by atoms with Crippen LogP contribution in [0.2, 0.25) is 0 Å². The summed E-state index contributed by atoms with van der Waals surface area (Å²) in [5, 5.41) is 6.57. The maximum Gasteiger partial charge on any atom is 0.191 e. The van der Waals surface area contributed by atoms with Gasteiger partial charge in [-0.1, -0.05) is 17.7 Å². The van der Waals surface area contributed by atoms with Gasteiger partial charge < -0.3 is 24.8 Å². The van der Waals surface area contributed by atoms with Gasteiger partial charge in [-0.2, -0.15) is 0 Å². The second kappa shape index (κ2) is 12.3. The van der Waals surface area contributed by atoms with Gasteiger partial charge in [0.1, 0.15) is 23.4 Å². The van der Waals surface area contributed by atoms with Crippen molar-refractivity contribution in [1.82, 2.24) is 10.6 Å². The Balaban J connectivity index is 0.00000392. The van der Waals surface area contributed by atoms with E-state index in [0.717, 1.165) is 22.8 Å². The van der Waals surface area contributed by atoms with Crippen molar-refractivity contribution in [3.63, 3.8) is 0 Å². The second-order valence-corrected chi connectivity index (χ2v) is 6.23. The Hall–Kier alpha value is -2.16. The van der Waals surface area contributed by atoms with Crippen molar-refractivity contribution in [3.8, 4) is 17.2 Å². The predicted octanol–water partition coefficient (Wildman–Crippen LogP) is 3.76. The van der Waals surface area contributed by atoms with Crippen LogP contribution >= 0.6 is 24.0 Å². The quantitative estimate of drug-likeness (QED) is 0.329. The molecule has 0 aromatic heterocycles. The average Bonchev–Trinajstić information content (AvgIpc) is 2.69. The summed E-state index contributed by atoms with van der Waals surface area (Å²) in [6.07, 6.45) is 0.00165. The highest BCUT2D eigenvalue weighted by Gasteiger charge is 2.08. The third-order valence-corrected chi connectivity index (χ3v) is 4.08. The molecule has 0 saturated heterocycles. The smallest absolute Gasteiger partial charge is 0.191 e. The zero-order chi connectivity index (χ0) is 19.6. The fourth-order valence-corrected chi connectivity index (χ4v) is 2.53. The lowest BCUT2D eigenvalue weighted by molar-refractivity contribution is 0.224. The number of rotatable bonds is 8. The first-order valence-electron chi connectivity index (χ1n) is 8.94. The Morgan fingerprint density at radius 2 is 1.68 bits per heavy atom. The minimum atomic E-state index is 0. The molecule has 0 saturated carbocycles. The molecule has 0 heterocycles. The van der Waals surface area contributed by atoms with Gasteiger partial charge in [0.25, 0.3) is 0 Å². The molecule has 0 amide bonds. The Morgan fingerprint density at radius 1 is 1.00 bits per heavy atom. The molecule has 0 fully saturated rings.